The van der Waals surface area contributed by atoms with Crippen molar-refractivity contribution in [1.29, 1.82) is 0 Å². The molecule has 1 aromatic heterocycles. The topological polar surface area (TPSA) is 62.7 Å². The number of nitrogens with zero attached hydrogens (tertiary/aromatic N) is 3. The molecule has 2 amide bonds. The molecule has 2 aliphatic heterocycles. The monoisotopic (exact) mass is 345 g/mol. The summed E-state index contributed by atoms with van der Waals surface area (Å²) in [6.07, 6.45) is -0.288. The molecule has 0 aliphatic carbocycles. The van der Waals surface area contributed by atoms with Gasteiger partial charge in [0.25, 0.3) is 5.91 Å². The molecule has 0 bridgehead atoms. The van der Waals surface area contributed by atoms with E-state index in [1.165, 1.54) is 0 Å². The highest BCUT2D eigenvalue weighted by Crippen LogP contribution is 2.25. The molecule has 3 heterocycles. The predicted octanol–water partition coefficient (Wildman–Crippen LogP) is 2.47. The van der Waals surface area contributed by atoms with E-state index in [1.807, 2.05) is 13.0 Å². The lowest BCUT2D eigenvalue weighted by Gasteiger charge is -2.35. The van der Waals surface area contributed by atoms with E-state index in [0.717, 1.165) is 16.6 Å². The fourth-order valence-electron chi connectivity index (χ4n) is 3.35. The van der Waals surface area contributed by atoms with Crippen LogP contribution in [0.1, 0.15) is 16.1 Å². The molecule has 24 heavy (non-hydrogen) atoms. The molecule has 2 fully saturated rings. The summed E-state index contributed by atoms with van der Waals surface area (Å²) in [6, 6.07) is 7.10. The van der Waals surface area contributed by atoms with E-state index >= 15 is 0 Å². The van der Waals surface area contributed by atoms with E-state index in [9.17, 15) is 9.59 Å². The summed E-state index contributed by atoms with van der Waals surface area (Å²) in [6.45, 7) is 3.68. The van der Waals surface area contributed by atoms with Gasteiger partial charge in [-0.2, -0.15) is 0 Å². The van der Waals surface area contributed by atoms with Crippen molar-refractivity contribution in [2.75, 3.05) is 26.2 Å². The zero-order chi connectivity index (χ0) is 16.8. The number of cyclic esters (lactones) is 1. The smallest absolute Gasteiger partial charge is 0.410 e. The summed E-state index contributed by atoms with van der Waals surface area (Å²) >= 11 is 6.10. The van der Waals surface area contributed by atoms with Crippen molar-refractivity contribution in [3.8, 4) is 0 Å². The van der Waals surface area contributed by atoms with Gasteiger partial charge in [-0.05, 0) is 31.2 Å². The van der Waals surface area contributed by atoms with Crippen molar-refractivity contribution in [2.45, 2.75) is 13.0 Å². The van der Waals surface area contributed by atoms with Crippen LogP contribution in [-0.4, -0.2) is 59.1 Å². The summed E-state index contributed by atoms with van der Waals surface area (Å²) in [5.74, 6) is -0.0632. The van der Waals surface area contributed by atoms with Crippen molar-refractivity contribution in [3.63, 3.8) is 0 Å². The van der Waals surface area contributed by atoms with Gasteiger partial charge in [0.05, 0.1) is 17.1 Å². The summed E-state index contributed by atoms with van der Waals surface area (Å²) < 4.78 is 5.06. The van der Waals surface area contributed by atoms with Gasteiger partial charge >= 0.3 is 6.09 Å². The third-order valence-electron chi connectivity index (χ3n) is 4.53. The second kappa shape index (κ2) is 5.63. The second-order valence-corrected chi connectivity index (χ2v) is 6.58. The number of fused-ring (bicyclic) bond motifs is 2. The van der Waals surface area contributed by atoms with Crippen LogP contribution in [0.15, 0.2) is 24.3 Å². The molecule has 4 rings (SSSR count). The number of piperazine rings is 1. The fraction of sp³-hybridized carbons (Fsp3) is 0.353. The molecule has 0 saturated carbocycles. The quantitative estimate of drug-likeness (QED) is 0.796. The molecular weight excluding hydrogens is 330 g/mol. The number of aromatic nitrogens is 1. The van der Waals surface area contributed by atoms with Crippen LogP contribution in [0, 0.1) is 6.92 Å². The molecule has 1 atom stereocenters. The highest BCUT2D eigenvalue weighted by Gasteiger charge is 2.39. The minimum atomic E-state index is -0.288. The standard InChI is InChI=1S/C17H16ClN3O3/c1-10-6-14(13-7-11(18)2-3-15(13)19-10)16(22)20-4-5-21-12(8-20)9-24-17(21)23/h2-3,6-7,12H,4-5,8-9H2,1H3/t12-/m1/s1. The van der Waals surface area contributed by atoms with Crippen LogP contribution in [0.4, 0.5) is 4.79 Å². The van der Waals surface area contributed by atoms with Gasteiger partial charge in [-0.25, -0.2) is 4.79 Å². The Balaban J connectivity index is 1.68. The Hall–Kier alpha value is -2.34. The minimum Gasteiger partial charge on any atom is -0.447 e. The number of aryl methyl sites for hydroxylation is 1. The number of hydrogen-bond acceptors (Lipinski definition) is 4. The number of carbonyl (C=O) groups is 2. The van der Waals surface area contributed by atoms with E-state index in [-0.39, 0.29) is 18.0 Å². The number of carbonyl (C=O) groups excluding carboxylic acids is 2. The molecule has 2 aliphatic rings. The lowest BCUT2D eigenvalue weighted by Crippen LogP contribution is -2.53. The SMILES string of the molecule is Cc1cc(C(=O)N2CCN3C(=O)OC[C@H]3C2)c2cc(Cl)ccc2n1. The molecule has 124 valence electrons. The van der Waals surface area contributed by atoms with Crippen molar-refractivity contribution >= 4 is 34.5 Å². The predicted molar refractivity (Wildman–Crippen MR) is 89.2 cm³/mol. The van der Waals surface area contributed by atoms with Crippen LogP contribution in [-0.2, 0) is 4.74 Å². The number of hydrogen-bond donors (Lipinski definition) is 0. The Morgan fingerprint density at radius 1 is 1.33 bits per heavy atom. The Bertz CT molecular complexity index is 854. The lowest BCUT2D eigenvalue weighted by molar-refractivity contribution is 0.0618. The summed E-state index contributed by atoms with van der Waals surface area (Å²) in [5.41, 5.74) is 2.13. The zero-order valence-corrected chi connectivity index (χ0v) is 13.9. The van der Waals surface area contributed by atoms with Gasteiger partial charge in [0, 0.05) is 35.7 Å². The molecule has 0 radical (unpaired) electrons. The van der Waals surface area contributed by atoms with E-state index in [4.69, 9.17) is 16.3 Å². The van der Waals surface area contributed by atoms with Gasteiger partial charge in [0.2, 0.25) is 0 Å². The summed E-state index contributed by atoms with van der Waals surface area (Å²) in [4.78, 5) is 32.6. The highest BCUT2D eigenvalue weighted by atomic mass is 35.5. The van der Waals surface area contributed by atoms with Crippen molar-refractivity contribution < 1.29 is 14.3 Å². The average Bonchev–Trinajstić information content (AvgIpc) is 2.94. The Morgan fingerprint density at radius 3 is 3.00 bits per heavy atom. The number of rotatable bonds is 1. The van der Waals surface area contributed by atoms with Gasteiger partial charge in [-0.15, -0.1) is 0 Å². The number of ether oxygens (including phenoxy) is 1. The molecule has 1 aromatic carbocycles. The first kappa shape index (κ1) is 15.2. The van der Waals surface area contributed by atoms with Gasteiger partial charge in [0.1, 0.15) is 6.61 Å². The summed E-state index contributed by atoms with van der Waals surface area (Å²) in [7, 11) is 0. The highest BCUT2D eigenvalue weighted by molar-refractivity contribution is 6.31. The second-order valence-electron chi connectivity index (χ2n) is 6.15. The van der Waals surface area contributed by atoms with Crippen molar-refractivity contribution in [1.82, 2.24) is 14.8 Å². The molecule has 2 aromatic rings. The van der Waals surface area contributed by atoms with Crippen LogP contribution in [0.25, 0.3) is 10.9 Å². The van der Waals surface area contributed by atoms with Gasteiger partial charge < -0.3 is 9.64 Å². The normalized spacial score (nSPS) is 20.2. The lowest BCUT2D eigenvalue weighted by atomic mass is 10.1. The van der Waals surface area contributed by atoms with E-state index in [1.54, 1.807) is 28.0 Å². The van der Waals surface area contributed by atoms with Gasteiger partial charge in [-0.1, -0.05) is 11.6 Å². The largest absolute Gasteiger partial charge is 0.447 e. The first-order valence-electron chi connectivity index (χ1n) is 7.82. The van der Waals surface area contributed by atoms with Gasteiger partial charge in [0.15, 0.2) is 0 Å². The number of halogens is 1. The molecular formula is C17H16ClN3O3. The molecule has 7 heteroatoms. The third kappa shape index (κ3) is 2.47. The van der Waals surface area contributed by atoms with Crippen LogP contribution in [0.3, 0.4) is 0 Å². The number of pyridine rings is 1. The number of amides is 2. The third-order valence-corrected chi connectivity index (χ3v) is 4.77. The van der Waals surface area contributed by atoms with Gasteiger partial charge in [-0.3, -0.25) is 14.7 Å². The molecule has 0 unspecified atom stereocenters. The fourth-order valence-corrected chi connectivity index (χ4v) is 3.52. The van der Waals surface area contributed by atoms with Crippen LogP contribution in [0.5, 0.6) is 0 Å². The molecule has 0 N–H and O–H groups in total. The molecule has 6 nitrogen and oxygen atoms in total. The Labute approximate surface area is 144 Å². The Kier molecular flexibility index (Phi) is 3.57. The Morgan fingerprint density at radius 2 is 2.17 bits per heavy atom. The summed E-state index contributed by atoms with van der Waals surface area (Å²) in [5, 5.41) is 1.32. The maximum Gasteiger partial charge on any atom is 0.410 e. The van der Waals surface area contributed by atoms with Crippen molar-refractivity contribution in [2.24, 2.45) is 0 Å². The zero-order valence-electron chi connectivity index (χ0n) is 13.2. The van der Waals surface area contributed by atoms with E-state index in [0.29, 0.717) is 36.8 Å². The molecule has 0 spiro atoms. The first-order chi connectivity index (χ1) is 11.5. The van der Waals surface area contributed by atoms with Crippen LogP contribution >= 0.6 is 11.6 Å². The average molecular weight is 346 g/mol. The first-order valence-corrected chi connectivity index (χ1v) is 8.20. The minimum absolute atomic E-state index is 0.0620. The maximum atomic E-state index is 13.1. The number of benzene rings is 1. The van der Waals surface area contributed by atoms with E-state index < -0.39 is 0 Å². The van der Waals surface area contributed by atoms with E-state index in [2.05, 4.69) is 4.98 Å². The maximum absolute atomic E-state index is 13.1. The van der Waals surface area contributed by atoms with Crippen molar-refractivity contribution in [3.05, 3.63) is 40.5 Å². The van der Waals surface area contributed by atoms with Crippen LogP contribution in [0.2, 0.25) is 5.02 Å². The molecule has 2 saturated heterocycles. The van der Waals surface area contributed by atoms with Crippen LogP contribution < -0.4 is 0 Å².